The Kier molecular flexibility index (Phi) is 4.03. The van der Waals surface area contributed by atoms with Crippen LogP contribution in [-0.2, 0) is 4.79 Å². The fourth-order valence-corrected chi connectivity index (χ4v) is 1.34. The topological polar surface area (TPSA) is 46.2 Å². The molecule has 0 bridgehead atoms. The molecular weight excluding hydrogens is 258 g/mol. The smallest absolute Gasteiger partial charge is 0.251 e. The summed E-state index contributed by atoms with van der Waals surface area (Å²) in [6.45, 7) is 3.42. The molecule has 0 aliphatic heterocycles. The van der Waals surface area contributed by atoms with Crippen LogP contribution in [0.3, 0.4) is 0 Å². The van der Waals surface area contributed by atoms with E-state index in [0.29, 0.717) is 5.56 Å². The molecule has 80 valence electrons. The molecule has 0 fully saturated rings. The van der Waals surface area contributed by atoms with Crippen molar-refractivity contribution < 1.29 is 9.59 Å². The molecule has 0 aromatic heterocycles. The van der Waals surface area contributed by atoms with Gasteiger partial charge in [0, 0.05) is 10.0 Å². The fourth-order valence-electron chi connectivity index (χ4n) is 1.09. The van der Waals surface area contributed by atoms with E-state index in [9.17, 15) is 9.59 Å². The van der Waals surface area contributed by atoms with Crippen molar-refractivity contribution in [1.82, 2.24) is 5.32 Å². The summed E-state index contributed by atoms with van der Waals surface area (Å²) in [4.78, 5) is 22.2. The molecule has 0 heterocycles. The first-order valence-corrected chi connectivity index (χ1v) is 5.34. The zero-order chi connectivity index (χ0) is 11.4. The SMILES string of the molecule is CC(=O)CNC(=O)c1ccc(Br)c(C)c1. The maximum absolute atomic E-state index is 11.5. The second-order valence-electron chi connectivity index (χ2n) is 3.35. The highest BCUT2D eigenvalue weighted by Crippen LogP contribution is 2.16. The second kappa shape index (κ2) is 5.07. The zero-order valence-electron chi connectivity index (χ0n) is 8.63. The first-order chi connectivity index (χ1) is 7.00. The summed E-state index contributed by atoms with van der Waals surface area (Å²) >= 11 is 3.35. The highest BCUT2D eigenvalue weighted by atomic mass is 79.9. The number of carbonyl (C=O) groups is 2. The van der Waals surface area contributed by atoms with Gasteiger partial charge < -0.3 is 5.32 Å². The van der Waals surface area contributed by atoms with Crippen LogP contribution in [0.15, 0.2) is 22.7 Å². The van der Waals surface area contributed by atoms with Crippen LogP contribution >= 0.6 is 15.9 Å². The highest BCUT2D eigenvalue weighted by Gasteiger charge is 2.06. The Hall–Kier alpha value is -1.16. The van der Waals surface area contributed by atoms with Gasteiger partial charge in [-0.15, -0.1) is 0 Å². The molecular formula is C11H12BrNO2. The minimum absolute atomic E-state index is 0.0582. The average Bonchev–Trinajstić information content (AvgIpc) is 2.18. The molecule has 0 atom stereocenters. The van der Waals surface area contributed by atoms with Gasteiger partial charge in [0.2, 0.25) is 0 Å². The number of halogens is 1. The largest absolute Gasteiger partial charge is 0.345 e. The maximum atomic E-state index is 11.5. The van der Waals surface area contributed by atoms with Crippen molar-refractivity contribution in [3.63, 3.8) is 0 Å². The van der Waals surface area contributed by atoms with Gasteiger partial charge in [-0.05, 0) is 37.6 Å². The molecule has 1 N–H and O–H groups in total. The standard InChI is InChI=1S/C11H12BrNO2/c1-7-5-9(3-4-10(7)12)11(15)13-6-8(2)14/h3-5H,6H2,1-2H3,(H,13,15). The lowest BCUT2D eigenvalue weighted by Gasteiger charge is -2.04. The van der Waals surface area contributed by atoms with Gasteiger partial charge in [0.05, 0.1) is 6.54 Å². The van der Waals surface area contributed by atoms with Crippen molar-refractivity contribution in [3.8, 4) is 0 Å². The van der Waals surface area contributed by atoms with Crippen molar-refractivity contribution in [2.24, 2.45) is 0 Å². The summed E-state index contributed by atoms with van der Waals surface area (Å²) in [5, 5.41) is 2.54. The van der Waals surface area contributed by atoms with Crippen LogP contribution in [0.1, 0.15) is 22.8 Å². The third-order valence-electron chi connectivity index (χ3n) is 1.92. The quantitative estimate of drug-likeness (QED) is 0.914. The van der Waals surface area contributed by atoms with E-state index < -0.39 is 0 Å². The molecule has 0 saturated heterocycles. The van der Waals surface area contributed by atoms with Crippen molar-refractivity contribution in [2.75, 3.05) is 6.54 Å². The summed E-state index contributed by atoms with van der Waals surface area (Å²) in [7, 11) is 0. The molecule has 3 nitrogen and oxygen atoms in total. The number of hydrogen-bond acceptors (Lipinski definition) is 2. The number of ketones is 1. The summed E-state index contributed by atoms with van der Waals surface area (Å²) in [5.74, 6) is -0.280. The summed E-state index contributed by atoms with van der Waals surface area (Å²) in [6.07, 6.45) is 0. The Labute approximate surface area is 97.0 Å². The van der Waals surface area contributed by atoms with Crippen LogP contribution in [0.2, 0.25) is 0 Å². The zero-order valence-corrected chi connectivity index (χ0v) is 10.2. The van der Waals surface area contributed by atoms with Gasteiger partial charge >= 0.3 is 0 Å². The van der Waals surface area contributed by atoms with E-state index in [1.807, 2.05) is 13.0 Å². The molecule has 0 aliphatic rings. The predicted molar refractivity (Wildman–Crippen MR) is 61.9 cm³/mol. The number of hydrogen-bond donors (Lipinski definition) is 1. The number of aryl methyl sites for hydroxylation is 1. The molecule has 0 saturated carbocycles. The minimum atomic E-state index is -0.221. The van der Waals surface area contributed by atoms with E-state index in [4.69, 9.17) is 0 Å². The van der Waals surface area contributed by atoms with Crippen LogP contribution < -0.4 is 5.32 Å². The summed E-state index contributed by atoms with van der Waals surface area (Å²) in [5.41, 5.74) is 1.56. The van der Waals surface area contributed by atoms with Gasteiger partial charge in [-0.3, -0.25) is 9.59 Å². The van der Waals surface area contributed by atoms with E-state index in [1.54, 1.807) is 12.1 Å². The molecule has 1 aromatic rings. The molecule has 0 aliphatic carbocycles. The lowest BCUT2D eigenvalue weighted by Crippen LogP contribution is -2.28. The number of Topliss-reactive ketones (excluding diaryl/α,β-unsaturated/α-hetero) is 1. The van der Waals surface area contributed by atoms with E-state index in [-0.39, 0.29) is 18.2 Å². The van der Waals surface area contributed by atoms with Crippen LogP contribution in [0.4, 0.5) is 0 Å². The Morgan fingerprint density at radius 3 is 2.60 bits per heavy atom. The van der Waals surface area contributed by atoms with Crippen molar-refractivity contribution in [2.45, 2.75) is 13.8 Å². The molecule has 0 radical (unpaired) electrons. The van der Waals surface area contributed by atoms with Crippen LogP contribution in [0, 0.1) is 6.92 Å². The summed E-state index contributed by atoms with van der Waals surface area (Å²) in [6, 6.07) is 5.31. The third kappa shape index (κ3) is 3.47. The van der Waals surface area contributed by atoms with Crippen molar-refractivity contribution in [3.05, 3.63) is 33.8 Å². The molecule has 15 heavy (non-hydrogen) atoms. The van der Waals surface area contributed by atoms with Gasteiger partial charge in [-0.1, -0.05) is 15.9 Å². The average molecular weight is 270 g/mol. The maximum Gasteiger partial charge on any atom is 0.251 e. The van der Waals surface area contributed by atoms with Gasteiger partial charge in [-0.2, -0.15) is 0 Å². The number of amides is 1. The predicted octanol–water partition coefficient (Wildman–Crippen LogP) is 2.08. The second-order valence-corrected chi connectivity index (χ2v) is 4.20. The van der Waals surface area contributed by atoms with Gasteiger partial charge in [0.25, 0.3) is 5.91 Å². The van der Waals surface area contributed by atoms with Gasteiger partial charge in [0.15, 0.2) is 0 Å². The lowest BCUT2D eigenvalue weighted by atomic mass is 10.1. The Balaban J connectivity index is 2.74. The van der Waals surface area contributed by atoms with Gasteiger partial charge in [0.1, 0.15) is 5.78 Å². The Bertz CT molecular complexity index is 402. The number of nitrogens with one attached hydrogen (secondary N) is 1. The fraction of sp³-hybridized carbons (Fsp3) is 0.273. The first kappa shape index (κ1) is 11.9. The third-order valence-corrected chi connectivity index (χ3v) is 2.81. The van der Waals surface area contributed by atoms with E-state index in [1.165, 1.54) is 6.92 Å². The number of rotatable bonds is 3. The van der Waals surface area contributed by atoms with Crippen molar-refractivity contribution >= 4 is 27.6 Å². The number of benzene rings is 1. The van der Waals surface area contributed by atoms with Crippen LogP contribution in [0.5, 0.6) is 0 Å². The van der Waals surface area contributed by atoms with Crippen molar-refractivity contribution in [1.29, 1.82) is 0 Å². The highest BCUT2D eigenvalue weighted by molar-refractivity contribution is 9.10. The van der Waals surface area contributed by atoms with E-state index in [2.05, 4.69) is 21.2 Å². The van der Waals surface area contributed by atoms with E-state index in [0.717, 1.165) is 10.0 Å². The molecule has 4 heteroatoms. The van der Waals surface area contributed by atoms with Crippen LogP contribution in [-0.4, -0.2) is 18.2 Å². The number of carbonyl (C=O) groups excluding carboxylic acids is 2. The van der Waals surface area contributed by atoms with Gasteiger partial charge in [-0.25, -0.2) is 0 Å². The summed E-state index contributed by atoms with van der Waals surface area (Å²) < 4.78 is 0.964. The molecule has 1 aromatic carbocycles. The van der Waals surface area contributed by atoms with Crippen LogP contribution in [0.25, 0.3) is 0 Å². The molecule has 0 unspecified atom stereocenters. The molecule has 0 spiro atoms. The Morgan fingerprint density at radius 2 is 2.07 bits per heavy atom. The normalized spacial score (nSPS) is 9.80. The van der Waals surface area contributed by atoms with E-state index >= 15 is 0 Å². The monoisotopic (exact) mass is 269 g/mol. The lowest BCUT2D eigenvalue weighted by molar-refractivity contribution is -0.116. The Morgan fingerprint density at radius 1 is 1.40 bits per heavy atom. The first-order valence-electron chi connectivity index (χ1n) is 4.54. The molecule has 1 rings (SSSR count). The molecule has 1 amide bonds. The minimum Gasteiger partial charge on any atom is -0.345 e.